The number of aliphatic hydroxyl groups is 1. The highest BCUT2D eigenvalue weighted by Gasteiger charge is 2.28. The second kappa shape index (κ2) is 7.30. The molecule has 1 aliphatic carbocycles. The van der Waals surface area contributed by atoms with Crippen LogP contribution in [0, 0.1) is 0 Å². The first kappa shape index (κ1) is 15.6. The molecule has 1 fully saturated rings. The molecule has 0 radical (unpaired) electrons. The van der Waals surface area contributed by atoms with Crippen LogP contribution >= 0.6 is 23.2 Å². The van der Waals surface area contributed by atoms with Gasteiger partial charge in [-0.05, 0) is 25.0 Å². The van der Waals surface area contributed by atoms with Gasteiger partial charge in [0.25, 0.3) is 5.91 Å². The molecular formula is C15H19Cl2NO2. The van der Waals surface area contributed by atoms with Gasteiger partial charge in [-0.1, -0.05) is 48.5 Å². The minimum atomic E-state index is -0.179. The molecule has 20 heavy (non-hydrogen) atoms. The van der Waals surface area contributed by atoms with E-state index in [1.807, 2.05) is 0 Å². The zero-order valence-corrected chi connectivity index (χ0v) is 12.8. The lowest BCUT2D eigenvalue weighted by Gasteiger charge is -2.34. The van der Waals surface area contributed by atoms with Gasteiger partial charge in [-0.2, -0.15) is 0 Å². The highest BCUT2D eigenvalue weighted by atomic mass is 35.5. The zero-order valence-electron chi connectivity index (χ0n) is 11.3. The number of amides is 1. The summed E-state index contributed by atoms with van der Waals surface area (Å²) in [7, 11) is 0. The number of benzene rings is 1. The first-order valence-electron chi connectivity index (χ1n) is 7.01. The molecule has 1 aromatic rings. The fraction of sp³-hybridized carbons (Fsp3) is 0.533. The summed E-state index contributed by atoms with van der Waals surface area (Å²) >= 11 is 12.2. The predicted molar refractivity (Wildman–Crippen MR) is 81.5 cm³/mol. The number of hydrogen-bond donors (Lipinski definition) is 1. The maximum Gasteiger partial charge on any atom is 0.257 e. The average Bonchev–Trinajstić information content (AvgIpc) is 2.45. The molecule has 0 aromatic heterocycles. The lowest BCUT2D eigenvalue weighted by molar-refractivity contribution is 0.0586. The average molecular weight is 316 g/mol. The van der Waals surface area contributed by atoms with Crippen molar-refractivity contribution in [3.05, 3.63) is 33.8 Å². The molecular weight excluding hydrogens is 297 g/mol. The van der Waals surface area contributed by atoms with Gasteiger partial charge in [0.15, 0.2) is 0 Å². The Labute approximate surface area is 129 Å². The van der Waals surface area contributed by atoms with Crippen molar-refractivity contribution >= 4 is 29.1 Å². The topological polar surface area (TPSA) is 40.5 Å². The Hall–Kier alpha value is -0.770. The minimum Gasteiger partial charge on any atom is -0.395 e. The molecule has 1 aliphatic rings. The Bertz CT molecular complexity index is 453. The Kier molecular flexibility index (Phi) is 5.70. The van der Waals surface area contributed by atoms with Crippen LogP contribution < -0.4 is 0 Å². The van der Waals surface area contributed by atoms with E-state index in [0.717, 1.165) is 25.7 Å². The van der Waals surface area contributed by atoms with E-state index in [-0.39, 0.29) is 18.6 Å². The van der Waals surface area contributed by atoms with Gasteiger partial charge in [-0.25, -0.2) is 0 Å². The first-order chi connectivity index (χ1) is 9.65. The number of halogens is 2. The molecule has 0 spiro atoms. The van der Waals surface area contributed by atoms with Crippen LogP contribution in [0.3, 0.4) is 0 Å². The van der Waals surface area contributed by atoms with Crippen molar-refractivity contribution in [1.29, 1.82) is 0 Å². The fourth-order valence-corrected chi connectivity index (χ4v) is 3.36. The van der Waals surface area contributed by atoms with Crippen LogP contribution in [0.25, 0.3) is 0 Å². The van der Waals surface area contributed by atoms with Crippen LogP contribution in [0.15, 0.2) is 18.2 Å². The van der Waals surface area contributed by atoms with E-state index in [2.05, 4.69) is 0 Å². The molecule has 2 rings (SSSR count). The number of hydrogen-bond acceptors (Lipinski definition) is 2. The van der Waals surface area contributed by atoms with Crippen molar-refractivity contribution in [2.45, 2.75) is 38.1 Å². The van der Waals surface area contributed by atoms with Crippen LogP contribution in [0.1, 0.15) is 42.5 Å². The summed E-state index contributed by atoms with van der Waals surface area (Å²) in [5, 5.41) is 9.97. The predicted octanol–water partition coefficient (Wildman–Crippen LogP) is 3.76. The lowest BCUT2D eigenvalue weighted by atomic mass is 9.93. The van der Waals surface area contributed by atoms with Crippen molar-refractivity contribution < 1.29 is 9.90 Å². The zero-order chi connectivity index (χ0) is 14.5. The van der Waals surface area contributed by atoms with Crippen LogP contribution in [0.4, 0.5) is 0 Å². The van der Waals surface area contributed by atoms with E-state index in [1.54, 1.807) is 23.1 Å². The molecule has 0 unspecified atom stereocenters. The van der Waals surface area contributed by atoms with Gasteiger partial charge in [0.2, 0.25) is 0 Å². The second-order valence-electron chi connectivity index (χ2n) is 5.11. The number of rotatable bonds is 4. The molecule has 1 aromatic carbocycles. The fourth-order valence-electron chi connectivity index (χ4n) is 2.80. The number of carbonyl (C=O) groups is 1. The summed E-state index contributed by atoms with van der Waals surface area (Å²) in [6.07, 6.45) is 5.42. The van der Waals surface area contributed by atoms with Gasteiger partial charge in [0.1, 0.15) is 0 Å². The van der Waals surface area contributed by atoms with E-state index in [9.17, 15) is 9.90 Å². The van der Waals surface area contributed by atoms with E-state index in [1.165, 1.54) is 6.42 Å². The smallest absolute Gasteiger partial charge is 0.257 e. The van der Waals surface area contributed by atoms with Crippen LogP contribution in [-0.4, -0.2) is 35.1 Å². The SMILES string of the molecule is O=C(c1c(Cl)cccc1Cl)N(CCO)C1CCCCC1. The van der Waals surface area contributed by atoms with Gasteiger partial charge in [-0.3, -0.25) is 4.79 Å². The Morgan fingerprint density at radius 3 is 2.35 bits per heavy atom. The molecule has 1 amide bonds. The van der Waals surface area contributed by atoms with Gasteiger partial charge >= 0.3 is 0 Å². The monoisotopic (exact) mass is 315 g/mol. The maximum atomic E-state index is 12.7. The maximum absolute atomic E-state index is 12.7. The quantitative estimate of drug-likeness (QED) is 0.919. The second-order valence-corrected chi connectivity index (χ2v) is 5.93. The molecule has 3 nitrogen and oxygen atoms in total. The lowest BCUT2D eigenvalue weighted by Crippen LogP contribution is -2.43. The van der Waals surface area contributed by atoms with Crippen LogP contribution in [-0.2, 0) is 0 Å². The third-order valence-electron chi connectivity index (χ3n) is 3.79. The van der Waals surface area contributed by atoms with E-state index >= 15 is 0 Å². The summed E-state index contributed by atoms with van der Waals surface area (Å²) in [5.74, 6) is -0.179. The van der Waals surface area contributed by atoms with Crippen LogP contribution in [0.2, 0.25) is 10.0 Å². The summed E-state index contributed by atoms with van der Waals surface area (Å²) in [6, 6.07) is 5.23. The molecule has 5 heteroatoms. The summed E-state index contributed by atoms with van der Waals surface area (Å²) in [4.78, 5) is 14.5. The molecule has 0 atom stereocenters. The Morgan fingerprint density at radius 2 is 1.80 bits per heavy atom. The van der Waals surface area contributed by atoms with Crippen molar-refractivity contribution in [3.63, 3.8) is 0 Å². The van der Waals surface area contributed by atoms with Gasteiger partial charge < -0.3 is 10.0 Å². The number of aliphatic hydroxyl groups excluding tert-OH is 1. The van der Waals surface area contributed by atoms with Crippen LogP contribution in [0.5, 0.6) is 0 Å². The summed E-state index contributed by atoms with van der Waals surface area (Å²) < 4.78 is 0. The van der Waals surface area contributed by atoms with Crippen molar-refractivity contribution in [1.82, 2.24) is 4.90 Å². The molecule has 0 aliphatic heterocycles. The molecule has 0 bridgehead atoms. The highest BCUT2D eigenvalue weighted by molar-refractivity contribution is 6.39. The third-order valence-corrected chi connectivity index (χ3v) is 4.42. The summed E-state index contributed by atoms with van der Waals surface area (Å²) in [6.45, 7) is 0.273. The first-order valence-corrected chi connectivity index (χ1v) is 7.76. The van der Waals surface area contributed by atoms with E-state index < -0.39 is 0 Å². The molecule has 110 valence electrons. The van der Waals surface area contributed by atoms with Gasteiger partial charge in [0.05, 0.1) is 22.2 Å². The normalized spacial score (nSPS) is 16.1. The van der Waals surface area contributed by atoms with E-state index in [0.29, 0.717) is 22.2 Å². The Morgan fingerprint density at radius 1 is 1.20 bits per heavy atom. The molecule has 1 N–H and O–H groups in total. The van der Waals surface area contributed by atoms with Crippen molar-refractivity contribution in [3.8, 4) is 0 Å². The molecule has 1 saturated carbocycles. The summed E-state index contributed by atoms with van der Waals surface area (Å²) in [5.41, 5.74) is 0.342. The Balaban J connectivity index is 2.26. The van der Waals surface area contributed by atoms with Crippen molar-refractivity contribution in [2.75, 3.05) is 13.2 Å². The third kappa shape index (κ3) is 3.46. The molecule has 0 saturated heterocycles. The molecule has 0 heterocycles. The highest BCUT2D eigenvalue weighted by Crippen LogP contribution is 2.29. The largest absolute Gasteiger partial charge is 0.395 e. The minimum absolute atomic E-state index is 0.0513. The number of nitrogens with zero attached hydrogens (tertiary/aromatic N) is 1. The standard InChI is InChI=1S/C15H19Cl2NO2/c16-12-7-4-8-13(17)14(12)15(20)18(9-10-19)11-5-2-1-3-6-11/h4,7-8,11,19H,1-3,5-6,9-10H2. The number of carbonyl (C=O) groups excluding carboxylic acids is 1. The van der Waals surface area contributed by atoms with Gasteiger partial charge in [0, 0.05) is 12.6 Å². The van der Waals surface area contributed by atoms with Gasteiger partial charge in [-0.15, -0.1) is 0 Å². The van der Waals surface area contributed by atoms with Crippen molar-refractivity contribution in [2.24, 2.45) is 0 Å². The van der Waals surface area contributed by atoms with E-state index in [4.69, 9.17) is 23.2 Å².